The van der Waals surface area contributed by atoms with Gasteiger partial charge in [0.2, 0.25) is 5.89 Å². The molecule has 0 aliphatic heterocycles. The van der Waals surface area contributed by atoms with Gasteiger partial charge in [0.25, 0.3) is 5.95 Å². The van der Waals surface area contributed by atoms with Crippen molar-refractivity contribution in [3.8, 4) is 22.7 Å². The number of aromatic nitrogens is 5. The van der Waals surface area contributed by atoms with Crippen molar-refractivity contribution in [3.05, 3.63) is 48.6 Å². The first kappa shape index (κ1) is 16.7. The quantitative estimate of drug-likeness (QED) is 0.577. The third-order valence-electron chi connectivity index (χ3n) is 3.83. The minimum Gasteiger partial charge on any atom is -0.443 e. The van der Waals surface area contributed by atoms with Crippen molar-refractivity contribution < 1.29 is 9.21 Å². The first-order chi connectivity index (χ1) is 13.1. The van der Waals surface area contributed by atoms with E-state index in [9.17, 15) is 4.79 Å². The molecule has 27 heavy (non-hydrogen) atoms. The van der Waals surface area contributed by atoms with E-state index in [4.69, 9.17) is 4.42 Å². The Balaban J connectivity index is 1.86. The van der Waals surface area contributed by atoms with Crippen LogP contribution in [-0.2, 0) is 0 Å². The number of nitrogens with zero attached hydrogens (tertiary/aromatic N) is 5. The smallest absolute Gasteiger partial charge is 0.321 e. The summed E-state index contributed by atoms with van der Waals surface area (Å²) in [5.41, 5.74) is 3.74. The fourth-order valence-corrected chi connectivity index (χ4v) is 2.67. The lowest BCUT2D eigenvalue weighted by atomic mass is 10.1. The second-order valence-electron chi connectivity index (χ2n) is 5.85. The number of hydrogen-bond acceptors (Lipinski definition) is 6. The summed E-state index contributed by atoms with van der Waals surface area (Å²) in [5.74, 6) is 0.603. The van der Waals surface area contributed by atoms with Gasteiger partial charge in [-0.05, 0) is 37.6 Å². The maximum Gasteiger partial charge on any atom is 0.321 e. The van der Waals surface area contributed by atoms with Crippen LogP contribution in [0.15, 0.2) is 47.3 Å². The predicted molar refractivity (Wildman–Crippen MR) is 99.1 cm³/mol. The molecule has 0 fully saturated rings. The topological polar surface area (TPSA) is 110 Å². The summed E-state index contributed by atoms with van der Waals surface area (Å²) in [6.07, 6.45) is 5.05. The number of urea groups is 1. The molecular formula is C18H17N7O2. The van der Waals surface area contributed by atoms with E-state index in [1.165, 1.54) is 0 Å². The highest BCUT2D eigenvalue weighted by Crippen LogP contribution is 2.27. The molecule has 0 aliphatic carbocycles. The summed E-state index contributed by atoms with van der Waals surface area (Å²) < 4.78 is 7.15. The first-order valence-corrected chi connectivity index (χ1v) is 8.42. The van der Waals surface area contributed by atoms with Gasteiger partial charge in [-0.3, -0.25) is 10.3 Å². The van der Waals surface area contributed by atoms with Crippen molar-refractivity contribution in [1.82, 2.24) is 29.9 Å². The third-order valence-corrected chi connectivity index (χ3v) is 3.83. The van der Waals surface area contributed by atoms with Gasteiger partial charge in [-0.1, -0.05) is 6.07 Å². The molecule has 4 aromatic heterocycles. The molecule has 0 saturated carbocycles. The lowest BCUT2D eigenvalue weighted by Gasteiger charge is -2.05. The zero-order chi connectivity index (χ0) is 18.8. The minimum atomic E-state index is -0.366. The summed E-state index contributed by atoms with van der Waals surface area (Å²) in [6, 6.07) is 7.22. The van der Waals surface area contributed by atoms with Gasteiger partial charge >= 0.3 is 6.03 Å². The van der Waals surface area contributed by atoms with E-state index < -0.39 is 0 Å². The van der Waals surface area contributed by atoms with Gasteiger partial charge in [-0.25, -0.2) is 14.3 Å². The Morgan fingerprint density at radius 1 is 1.26 bits per heavy atom. The molecule has 0 radical (unpaired) electrons. The van der Waals surface area contributed by atoms with Crippen molar-refractivity contribution >= 4 is 17.6 Å². The average molecular weight is 363 g/mol. The van der Waals surface area contributed by atoms with Gasteiger partial charge < -0.3 is 9.73 Å². The Kier molecular flexibility index (Phi) is 4.25. The van der Waals surface area contributed by atoms with Crippen LogP contribution in [0.1, 0.15) is 12.6 Å². The number of aryl methyl sites for hydroxylation is 1. The molecule has 4 heterocycles. The van der Waals surface area contributed by atoms with Crippen molar-refractivity contribution in [2.45, 2.75) is 13.8 Å². The number of oxazole rings is 1. The summed E-state index contributed by atoms with van der Waals surface area (Å²) >= 11 is 0. The molecular weight excluding hydrogens is 346 g/mol. The molecule has 0 spiro atoms. The monoisotopic (exact) mass is 363 g/mol. The number of fused-ring (bicyclic) bond motifs is 1. The number of amides is 2. The Labute approximate surface area is 154 Å². The van der Waals surface area contributed by atoms with E-state index in [0.717, 1.165) is 16.8 Å². The van der Waals surface area contributed by atoms with Gasteiger partial charge in [-0.2, -0.15) is 4.98 Å². The van der Waals surface area contributed by atoms with Crippen LogP contribution in [0.3, 0.4) is 0 Å². The molecule has 0 saturated heterocycles. The minimum absolute atomic E-state index is 0.189. The van der Waals surface area contributed by atoms with E-state index in [-0.39, 0.29) is 12.0 Å². The van der Waals surface area contributed by atoms with Gasteiger partial charge in [0.05, 0.1) is 5.69 Å². The molecule has 0 bridgehead atoms. The lowest BCUT2D eigenvalue weighted by Crippen LogP contribution is -2.28. The second kappa shape index (κ2) is 6.87. The van der Waals surface area contributed by atoms with E-state index in [2.05, 4.69) is 30.7 Å². The van der Waals surface area contributed by atoms with Crippen molar-refractivity contribution in [1.29, 1.82) is 0 Å². The Morgan fingerprint density at radius 2 is 2.15 bits per heavy atom. The number of pyridine rings is 2. The first-order valence-electron chi connectivity index (χ1n) is 8.42. The molecule has 4 rings (SSSR count). The summed E-state index contributed by atoms with van der Waals surface area (Å²) in [4.78, 5) is 24.7. The van der Waals surface area contributed by atoms with Crippen LogP contribution >= 0.6 is 0 Å². The molecule has 2 N–H and O–H groups in total. The molecule has 2 amide bonds. The number of carbonyl (C=O) groups is 1. The Hall–Kier alpha value is -3.75. The number of carbonyl (C=O) groups excluding carboxylic acids is 1. The lowest BCUT2D eigenvalue weighted by molar-refractivity contribution is 0.252. The summed E-state index contributed by atoms with van der Waals surface area (Å²) in [5, 5.41) is 9.64. The summed E-state index contributed by atoms with van der Waals surface area (Å²) in [7, 11) is 0. The molecule has 4 aromatic rings. The third kappa shape index (κ3) is 3.34. The predicted octanol–water partition coefficient (Wildman–Crippen LogP) is 2.90. The number of anilines is 1. The van der Waals surface area contributed by atoms with Crippen molar-refractivity contribution in [2.24, 2.45) is 0 Å². The molecule has 0 aliphatic rings. The number of hydrogen-bond donors (Lipinski definition) is 2. The SMILES string of the molecule is CCNC(=O)Nc1nc2cc(-c3cccnc3)cc(-c3nc(C)co3)n2n1. The molecule has 136 valence electrons. The normalized spacial score (nSPS) is 10.9. The standard InChI is InChI=1S/C18H17N7O2/c1-3-20-18(26)23-17-22-15-8-13(12-5-4-6-19-9-12)7-14(25(15)24-17)16-21-11(2)10-27-16/h4-10H,3H2,1-2H3,(H2,20,23,24,26). The molecule has 9 heteroatoms. The molecule has 0 aromatic carbocycles. The van der Waals surface area contributed by atoms with Crippen LogP contribution in [0.5, 0.6) is 0 Å². The number of rotatable bonds is 4. The van der Waals surface area contributed by atoms with E-state index in [1.54, 1.807) is 23.2 Å². The second-order valence-corrected chi connectivity index (χ2v) is 5.85. The zero-order valence-electron chi connectivity index (χ0n) is 14.8. The van der Waals surface area contributed by atoms with Crippen LogP contribution in [0, 0.1) is 6.92 Å². The fourth-order valence-electron chi connectivity index (χ4n) is 2.67. The fraction of sp³-hybridized carbons (Fsp3) is 0.167. The molecule has 0 atom stereocenters. The highest BCUT2D eigenvalue weighted by atomic mass is 16.3. The van der Waals surface area contributed by atoms with E-state index in [1.807, 2.05) is 38.1 Å². The van der Waals surface area contributed by atoms with E-state index >= 15 is 0 Å². The maximum absolute atomic E-state index is 11.8. The van der Waals surface area contributed by atoms with Gasteiger partial charge in [0.15, 0.2) is 5.65 Å². The average Bonchev–Trinajstić information content (AvgIpc) is 3.27. The van der Waals surface area contributed by atoms with Crippen LogP contribution < -0.4 is 10.6 Å². The van der Waals surface area contributed by atoms with Gasteiger partial charge in [-0.15, -0.1) is 5.10 Å². The Bertz CT molecular complexity index is 1100. The zero-order valence-corrected chi connectivity index (χ0v) is 14.8. The van der Waals surface area contributed by atoms with Crippen LogP contribution in [0.25, 0.3) is 28.4 Å². The van der Waals surface area contributed by atoms with E-state index in [0.29, 0.717) is 23.8 Å². The maximum atomic E-state index is 11.8. The highest BCUT2D eigenvalue weighted by Gasteiger charge is 2.16. The number of nitrogens with one attached hydrogen (secondary N) is 2. The van der Waals surface area contributed by atoms with Gasteiger partial charge in [0.1, 0.15) is 12.0 Å². The molecule has 9 nitrogen and oxygen atoms in total. The van der Waals surface area contributed by atoms with Crippen LogP contribution in [0.2, 0.25) is 0 Å². The molecule has 0 unspecified atom stereocenters. The van der Waals surface area contributed by atoms with Crippen LogP contribution in [-0.4, -0.2) is 37.1 Å². The highest BCUT2D eigenvalue weighted by molar-refractivity contribution is 5.87. The largest absolute Gasteiger partial charge is 0.443 e. The summed E-state index contributed by atoms with van der Waals surface area (Å²) in [6.45, 7) is 4.18. The van der Waals surface area contributed by atoms with Crippen LogP contribution in [0.4, 0.5) is 10.7 Å². The Morgan fingerprint density at radius 3 is 2.85 bits per heavy atom. The van der Waals surface area contributed by atoms with Gasteiger partial charge in [0, 0.05) is 24.5 Å². The van der Waals surface area contributed by atoms with Crippen molar-refractivity contribution in [2.75, 3.05) is 11.9 Å². The van der Waals surface area contributed by atoms with Crippen molar-refractivity contribution in [3.63, 3.8) is 0 Å².